The Hall–Kier alpha value is -1.65. The van der Waals surface area contributed by atoms with E-state index in [9.17, 15) is 0 Å². The molecule has 1 aliphatic heterocycles. The zero-order valence-corrected chi connectivity index (χ0v) is 14.7. The quantitative estimate of drug-likeness (QED) is 0.778. The molecule has 0 spiro atoms. The smallest absolute Gasteiger partial charge is 0.173 e. The summed E-state index contributed by atoms with van der Waals surface area (Å²) in [5.41, 5.74) is 3.21. The van der Waals surface area contributed by atoms with E-state index in [0.717, 1.165) is 40.8 Å². The van der Waals surface area contributed by atoms with Crippen LogP contribution in [0.1, 0.15) is 36.4 Å². The monoisotopic (exact) mass is 345 g/mol. The van der Waals surface area contributed by atoms with Gasteiger partial charge in [-0.25, -0.2) is 0 Å². The number of hydrogen-bond donors (Lipinski definition) is 1. The Kier molecular flexibility index (Phi) is 5.13. The van der Waals surface area contributed by atoms with Crippen LogP contribution in [0.25, 0.3) is 0 Å². The molecule has 1 atom stereocenters. The SMILES string of the molecule is Cc1c(Cl)cccc1NC(=S)N1CCCC[C@@H]1c1cccnc1. The van der Waals surface area contributed by atoms with Gasteiger partial charge in [0, 0.05) is 29.6 Å². The van der Waals surface area contributed by atoms with Gasteiger partial charge in [0.2, 0.25) is 0 Å². The molecule has 1 saturated heterocycles. The highest BCUT2D eigenvalue weighted by Gasteiger charge is 2.26. The summed E-state index contributed by atoms with van der Waals surface area (Å²) in [5.74, 6) is 0. The van der Waals surface area contributed by atoms with E-state index < -0.39 is 0 Å². The van der Waals surface area contributed by atoms with E-state index in [4.69, 9.17) is 23.8 Å². The number of pyridine rings is 1. The lowest BCUT2D eigenvalue weighted by molar-refractivity contribution is 0.248. The Morgan fingerprint density at radius 2 is 2.17 bits per heavy atom. The summed E-state index contributed by atoms with van der Waals surface area (Å²) in [5, 5.41) is 4.88. The Morgan fingerprint density at radius 3 is 2.96 bits per heavy atom. The second-order valence-electron chi connectivity index (χ2n) is 5.83. The van der Waals surface area contributed by atoms with Gasteiger partial charge in [-0.05, 0) is 67.7 Å². The van der Waals surface area contributed by atoms with Gasteiger partial charge in [-0.3, -0.25) is 4.98 Å². The molecule has 0 radical (unpaired) electrons. The molecular formula is C18H20ClN3S. The van der Waals surface area contributed by atoms with Crippen LogP contribution in [0.15, 0.2) is 42.7 Å². The molecule has 0 saturated carbocycles. The second kappa shape index (κ2) is 7.28. The average molecular weight is 346 g/mol. The van der Waals surface area contributed by atoms with Crippen LogP contribution in [0.3, 0.4) is 0 Å². The van der Waals surface area contributed by atoms with Gasteiger partial charge in [0.1, 0.15) is 0 Å². The van der Waals surface area contributed by atoms with Crippen LogP contribution < -0.4 is 5.32 Å². The van der Waals surface area contributed by atoms with Crippen LogP contribution in [0.5, 0.6) is 0 Å². The van der Waals surface area contributed by atoms with E-state index in [1.54, 1.807) is 0 Å². The molecule has 1 aromatic heterocycles. The first kappa shape index (κ1) is 16.2. The highest BCUT2D eigenvalue weighted by atomic mass is 35.5. The van der Waals surface area contributed by atoms with Gasteiger partial charge in [0.05, 0.1) is 6.04 Å². The van der Waals surface area contributed by atoms with Crippen molar-refractivity contribution in [1.82, 2.24) is 9.88 Å². The lowest BCUT2D eigenvalue weighted by Gasteiger charge is -2.38. The summed E-state index contributed by atoms with van der Waals surface area (Å²) in [4.78, 5) is 6.53. The van der Waals surface area contributed by atoms with Crippen molar-refractivity contribution < 1.29 is 0 Å². The van der Waals surface area contributed by atoms with E-state index >= 15 is 0 Å². The largest absolute Gasteiger partial charge is 0.342 e. The van der Waals surface area contributed by atoms with Crippen molar-refractivity contribution in [2.45, 2.75) is 32.2 Å². The maximum atomic E-state index is 6.20. The average Bonchev–Trinajstić information content (AvgIpc) is 2.60. The molecule has 0 amide bonds. The zero-order chi connectivity index (χ0) is 16.2. The van der Waals surface area contributed by atoms with Gasteiger partial charge < -0.3 is 10.2 Å². The summed E-state index contributed by atoms with van der Waals surface area (Å²) in [6.45, 7) is 2.97. The van der Waals surface area contributed by atoms with Crippen molar-refractivity contribution in [3.05, 3.63) is 58.9 Å². The highest BCUT2D eigenvalue weighted by molar-refractivity contribution is 7.80. The number of hydrogen-bond acceptors (Lipinski definition) is 2. The van der Waals surface area contributed by atoms with E-state index in [2.05, 4.69) is 21.3 Å². The number of nitrogens with one attached hydrogen (secondary N) is 1. The van der Waals surface area contributed by atoms with Crippen LogP contribution in [-0.2, 0) is 0 Å². The number of likely N-dealkylation sites (tertiary alicyclic amines) is 1. The molecule has 0 unspecified atom stereocenters. The molecule has 1 N–H and O–H groups in total. The molecule has 3 nitrogen and oxygen atoms in total. The summed E-state index contributed by atoms with van der Waals surface area (Å²) in [7, 11) is 0. The third-order valence-corrected chi connectivity index (χ3v) is 5.09. The molecule has 2 heterocycles. The topological polar surface area (TPSA) is 28.2 Å². The number of nitrogens with zero attached hydrogens (tertiary/aromatic N) is 2. The van der Waals surface area contributed by atoms with Crippen LogP contribution in [-0.4, -0.2) is 21.5 Å². The van der Waals surface area contributed by atoms with Crippen molar-refractivity contribution in [2.75, 3.05) is 11.9 Å². The number of rotatable bonds is 2. The predicted molar refractivity (Wildman–Crippen MR) is 99.9 cm³/mol. The van der Waals surface area contributed by atoms with Crippen LogP contribution in [0.4, 0.5) is 5.69 Å². The van der Waals surface area contributed by atoms with Crippen molar-refractivity contribution in [1.29, 1.82) is 0 Å². The molecule has 1 aromatic carbocycles. The van der Waals surface area contributed by atoms with Crippen LogP contribution >= 0.6 is 23.8 Å². The van der Waals surface area contributed by atoms with Crippen molar-refractivity contribution in [3.8, 4) is 0 Å². The first-order valence-electron chi connectivity index (χ1n) is 7.89. The molecule has 23 heavy (non-hydrogen) atoms. The molecule has 1 fully saturated rings. The second-order valence-corrected chi connectivity index (χ2v) is 6.63. The Bertz CT molecular complexity index is 690. The molecule has 0 aliphatic carbocycles. The fourth-order valence-electron chi connectivity index (χ4n) is 3.02. The summed E-state index contributed by atoms with van der Waals surface area (Å²) in [6.07, 6.45) is 7.23. The highest BCUT2D eigenvalue weighted by Crippen LogP contribution is 2.31. The summed E-state index contributed by atoms with van der Waals surface area (Å²) < 4.78 is 0. The molecule has 5 heteroatoms. The predicted octanol–water partition coefficient (Wildman–Crippen LogP) is 4.97. The van der Waals surface area contributed by atoms with Gasteiger partial charge in [-0.1, -0.05) is 23.7 Å². The fourth-order valence-corrected chi connectivity index (χ4v) is 3.53. The summed E-state index contributed by atoms with van der Waals surface area (Å²) >= 11 is 11.9. The fraction of sp³-hybridized carbons (Fsp3) is 0.333. The molecule has 0 bridgehead atoms. The Morgan fingerprint density at radius 1 is 1.30 bits per heavy atom. The van der Waals surface area contributed by atoms with Gasteiger partial charge in [-0.15, -0.1) is 0 Å². The van der Waals surface area contributed by atoms with Gasteiger partial charge in [-0.2, -0.15) is 0 Å². The maximum Gasteiger partial charge on any atom is 0.173 e. The van der Waals surface area contributed by atoms with Crippen molar-refractivity contribution in [2.24, 2.45) is 0 Å². The molecule has 1 aliphatic rings. The first-order valence-corrected chi connectivity index (χ1v) is 8.68. The van der Waals surface area contributed by atoms with E-state index in [1.807, 2.05) is 43.6 Å². The normalized spacial score (nSPS) is 17.8. The molecular weight excluding hydrogens is 326 g/mol. The third kappa shape index (κ3) is 3.65. The lowest BCUT2D eigenvalue weighted by Crippen LogP contribution is -2.41. The number of anilines is 1. The minimum absolute atomic E-state index is 0.289. The standard InChI is InChI=1S/C18H20ClN3S/c1-13-15(19)7-4-8-16(13)21-18(23)22-11-3-2-9-17(22)14-6-5-10-20-12-14/h4-8,10,12,17H,2-3,9,11H2,1H3,(H,21,23)/t17-/m1/s1. The number of benzene rings is 1. The Balaban J connectivity index is 1.80. The first-order chi connectivity index (χ1) is 11.2. The van der Waals surface area contributed by atoms with Crippen LogP contribution in [0.2, 0.25) is 5.02 Å². The number of aromatic nitrogens is 1. The summed E-state index contributed by atoms with van der Waals surface area (Å²) in [6, 6.07) is 10.2. The molecule has 120 valence electrons. The van der Waals surface area contributed by atoms with E-state index in [-0.39, 0.29) is 6.04 Å². The van der Waals surface area contributed by atoms with Gasteiger partial charge >= 0.3 is 0 Å². The molecule has 3 rings (SSSR count). The van der Waals surface area contributed by atoms with Gasteiger partial charge in [0.25, 0.3) is 0 Å². The van der Waals surface area contributed by atoms with Crippen LogP contribution in [0, 0.1) is 6.92 Å². The van der Waals surface area contributed by atoms with Gasteiger partial charge in [0.15, 0.2) is 5.11 Å². The number of thiocarbonyl (C=S) groups is 1. The van der Waals surface area contributed by atoms with E-state index in [0.29, 0.717) is 0 Å². The Labute approximate surface area is 147 Å². The maximum absolute atomic E-state index is 6.20. The molecule has 2 aromatic rings. The lowest BCUT2D eigenvalue weighted by atomic mass is 9.97. The minimum atomic E-state index is 0.289. The number of piperidine rings is 1. The van der Waals surface area contributed by atoms with E-state index in [1.165, 1.54) is 12.0 Å². The minimum Gasteiger partial charge on any atom is -0.342 e. The number of halogens is 1. The van der Waals surface area contributed by atoms with Crippen molar-refractivity contribution in [3.63, 3.8) is 0 Å². The zero-order valence-electron chi connectivity index (χ0n) is 13.1. The third-order valence-electron chi connectivity index (χ3n) is 4.34. The van der Waals surface area contributed by atoms with Crippen molar-refractivity contribution >= 4 is 34.6 Å².